The van der Waals surface area contributed by atoms with E-state index < -0.39 is 44.2 Å². The van der Waals surface area contributed by atoms with E-state index in [4.69, 9.17) is 13.9 Å². The Hall–Kier alpha value is -3.76. The number of amides is 1. The maximum Gasteiger partial charge on any atom is 0.407 e. The van der Waals surface area contributed by atoms with E-state index in [1.54, 1.807) is 6.08 Å². The molecule has 0 bridgehead atoms. The van der Waals surface area contributed by atoms with Gasteiger partial charge in [-0.2, -0.15) is 0 Å². The first-order valence-electron chi connectivity index (χ1n) is 14.9. The van der Waals surface area contributed by atoms with Gasteiger partial charge in [0.15, 0.2) is 0 Å². The quantitative estimate of drug-likeness (QED) is 0.168. The van der Waals surface area contributed by atoms with Gasteiger partial charge in [0.25, 0.3) is 8.32 Å². The van der Waals surface area contributed by atoms with Crippen LogP contribution < -0.4 is 15.7 Å². The van der Waals surface area contributed by atoms with Crippen LogP contribution in [0.5, 0.6) is 0 Å². The van der Waals surface area contributed by atoms with Crippen molar-refractivity contribution >= 4 is 30.8 Å². The second-order valence-corrected chi connectivity index (χ2v) is 16.6. The third-order valence-electron chi connectivity index (χ3n) is 7.98. The second kappa shape index (κ2) is 14.3. The Morgan fingerprint density at radius 1 is 0.955 bits per heavy atom. The molecule has 4 rings (SSSR count). The Kier molecular flexibility index (Phi) is 10.8. The minimum Gasteiger partial charge on any atom is -0.458 e. The average molecular weight is 618 g/mol. The van der Waals surface area contributed by atoms with Crippen molar-refractivity contribution < 1.29 is 33.7 Å². The van der Waals surface area contributed by atoms with Gasteiger partial charge in [0.05, 0.1) is 18.8 Å². The first kappa shape index (κ1) is 33.1. The van der Waals surface area contributed by atoms with E-state index in [0.717, 1.165) is 15.9 Å². The normalized spacial score (nSPS) is 20.9. The summed E-state index contributed by atoms with van der Waals surface area (Å²) in [5.74, 6) is -0.475. The smallest absolute Gasteiger partial charge is 0.407 e. The number of ether oxygens (including phenoxy) is 2. The Labute approximate surface area is 260 Å². The van der Waals surface area contributed by atoms with Gasteiger partial charge in [-0.3, -0.25) is 4.79 Å². The largest absolute Gasteiger partial charge is 0.458 e. The summed E-state index contributed by atoms with van der Waals surface area (Å²) in [6, 6.07) is 28.9. The highest BCUT2D eigenvalue weighted by Gasteiger charge is 2.51. The molecule has 1 aliphatic rings. The molecule has 0 saturated heterocycles. The number of hydrogen-bond acceptors (Lipinski definition) is 7. The molecule has 3 aromatic carbocycles. The molecule has 0 radical (unpaired) electrons. The van der Waals surface area contributed by atoms with Gasteiger partial charge in [-0.05, 0) is 27.1 Å². The molecule has 3 N–H and O–H groups in total. The van der Waals surface area contributed by atoms with Crippen molar-refractivity contribution in [1.82, 2.24) is 5.32 Å². The molecule has 0 saturated carbocycles. The number of alkyl carbamates (subject to hydrolysis) is 1. The van der Waals surface area contributed by atoms with Crippen LogP contribution in [0.1, 0.15) is 46.1 Å². The first-order chi connectivity index (χ1) is 20.9. The minimum atomic E-state index is -2.98. The average Bonchev–Trinajstić information content (AvgIpc) is 2.99. The van der Waals surface area contributed by atoms with Crippen LogP contribution in [0.3, 0.4) is 0 Å². The van der Waals surface area contributed by atoms with Gasteiger partial charge in [-0.1, -0.05) is 118 Å². The molecule has 44 heavy (non-hydrogen) atoms. The summed E-state index contributed by atoms with van der Waals surface area (Å²) in [5, 5.41) is 27.3. The first-order valence-corrected chi connectivity index (χ1v) is 16.8. The van der Waals surface area contributed by atoms with Crippen molar-refractivity contribution in [2.24, 2.45) is 0 Å². The lowest BCUT2D eigenvalue weighted by Gasteiger charge is -2.44. The zero-order valence-corrected chi connectivity index (χ0v) is 26.8. The van der Waals surface area contributed by atoms with Crippen LogP contribution in [-0.2, 0) is 25.3 Å². The van der Waals surface area contributed by atoms with Crippen LogP contribution in [0.15, 0.2) is 103 Å². The van der Waals surface area contributed by atoms with E-state index >= 15 is 0 Å². The van der Waals surface area contributed by atoms with E-state index in [1.165, 1.54) is 13.0 Å². The molecule has 0 aliphatic heterocycles. The van der Waals surface area contributed by atoms with E-state index in [-0.39, 0.29) is 31.1 Å². The monoisotopic (exact) mass is 617 g/mol. The Morgan fingerprint density at radius 2 is 1.50 bits per heavy atom. The maximum atomic E-state index is 13.1. The van der Waals surface area contributed by atoms with E-state index in [0.29, 0.717) is 0 Å². The van der Waals surface area contributed by atoms with Crippen molar-refractivity contribution in [1.29, 1.82) is 0 Å². The van der Waals surface area contributed by atoms with Gasteiger partial charge in [0.2, 0.25) is 0 Å². The van der Waals surface area contributed by atoms with Gasteiger partial charge >= 0.3 is 12.1 Å². The SMILES string of the molecule is CC(=O)O[C@H]1C=C[C@@](O)(C[C@@H](CO[Si](c2ccccc2)(c2ccccc2)C(C)(C)C)NC(=O)OCc2ccccc2)[C@@H](O)C1. The number of carbonyl (C=O) groups excluding carboxylic acids is 2. The number of benzene rings is 3. The van der Waals surface area contributed by atoms with Crippen LogP contribution in [0, 0.1) is 0 Å². The molecule has 0 unspecified atom stereocenters. The molecule has 0 heterocycles. The van der Waals surface area contributed by atoms with Crippen molar-refractivity contribution in [3.63, 3.8) is 0 Å². The highest BCUT2D eigenvalue weighted by molar-refractivity contribution is 6.99. The Bertz CT molecular complexity index is 1360. The summed E-state index contributed by atoms with van der Waals surface area (Å²) >= 11 is 0. The van der Waals surface area contributed by atoms with Gasteiger partial charge in [0.1, 0.15) is 18.3 Å². The fourth-order valence-corrected chi connectivity index (χ4v) is 10.5. The highest BCUT2D eigenvalue weighted by Crippen LogP contribution is 2.37. The molecule has 3 aromatic rings. The van der Waals surface area contributed by atoms with Gasteiger partial charge in [-0.15, -0.1) is 0 Å². The van der Waals surface area contributed by atoms with E-state index in [1.807, 2.05) is 66.7 Å². The molecule has 1 aliphatic carbocycles. The number of hydrogen-bond donors (Lipinski definition) is 3. The molecule has 1 amide bonds. The predicted molar refractivity (Wildman–Crippen MR) is 172 cm³/mol. The Morgan fingerprint density at radius 3 is 2.00 bits per heavy atom. The molecule has 8 nitrogen and oxygen atoms in total. The van der Waals surface area contributed by atoms with Crippen LogP contribution >= 0.6 is 0 Å². The van der Waals surface area contributed by atoms with Crippen molar-refractivity contribution in [2.45, 2.75) is 76.0 Å². The zero-order valence-electron chi connectivity index (χ0n) is 25.8. The number of aliphatic hydroxyl groups excluding tert-OH is 1. The number of aliphatic hydroxyl groups is 2. The zero-order chi connectivity index (χ0) is 31.8. The molecule has 4 atom stereocenters. The summed E-state index contributed by atoms with van der Waals surface area (Å²) in [5.41, 5.74) is -0.869. The summed E-state index contributed by atoms with van der Waals surface area (Å²) in [7, 11) is -2.98. The summed E-state index contributed by atoms with van der Waals surface area (Å²) in [4.78, 5) is 24.6. The second-order valence-electron chi connectivity index (χ2n) is 12.3. The summed E-state index contributed by atoms with van der Waals surface area (Å²) < 4.78 is 17.8. The highest BCUT2D eigenvalue weighted by atomic mass is 28.4. The topological polar surface area (TPSA) is 114 Å². The lowest BCUT2D eigenvalue weighted by atomic mass is 9.82. The van der Waals surface area contributed by atoms with Crippen molar-refractivity contribution in [2.75, 3.05) is 6.61 Å². The maximum absolute atomic E-state index is 13.1. The minimum absolute atomic E-state index is 0.0212. The summed E-state index contributed by atoms with van der Waals surface area (Å²) in [6.45, 7) is 7.89. The molecular weight excluding hydrogens is 574 g/mol. The number of esters is 1. The lowest BCUT2D eigenvalue weighted by Crippen LogP contribution is -2.67. The molecule has 0 spiro atoms. The van der Waals surface area contributed by atoms with E-state index in [2.05, 4.69) is 50.4 Å². The number of carbonyl (C=O) groups is 2. The fraction of sp³-hybridized carbons (Fsp3) is 0.371. The van der Waals surface area contributed by atoms with Gasteiger partial charge in [0, 0.05) is 19.8 Å². The predicted octanol–water partition coefficient (Wildman–Crippen LogP) is 4.23. The van der Waals surface area contributed by atoms with Crippen molar-refractivity contribution in [3.05, 3.63) is 109 Å². The fourth-order valence-electron chi connectivity index (χ4n) is 5.86. The summed E-state index contributed by atoms with van der Waals surface area (Å²) in [6.07, 6.45) is 0.417. The lowest BCUT2D eigenvalue weighted by molar-refractivity contribution is -0.148. The number of nitrogens with one attached hydrogen (secondary N) is 1. The van der Waals surface area contributed by atoms with Gasteiger partial charge < -0.3 is 29.4 Å². The van der Waals surface area contributed by atoms with E-state index in [9.17, 15) is 19.8 Å². The van der Waals surface area contributed by atoms with Crippen LogP contribution in [0.4, 0.5) is 4.79 Å². The Balaban J connectivity index is 1.64. The van der Waals surface area contributed by atoms with Crippen LogP contribution in [0.2, 0.25) is 5.04 Å². The third kappa shape index (κ3) is 8.03. The standard InChI is InChI=1S/C35H43NO7Si/c1-26(37)43-29-20-21-35(40,32(38)22-29)23-28(36-33(39)41-24-27-14-8-5-9-15-27)25-42-44(34(2,3)4,30-16-10-6-11-17-30)31-18-12-7-13-19-31/h5-21,28-29,32,38,40H,22-25H2,1-4H3,(H,36,39)/t28-,29-,32-,35+/m0/s1. The number of rotatable bonds is 11. The van der Waals surface area contributed by atoms with Crippen LogP contribution in [-0.4, -0.2) is 61.1 Å². The molecule has 0 aromatic heterocycles. The van der Waals surface area contributed by atoms with Crippen LogP contribution in [0.25, 0.3) is 0 Å². The third-order valence-corrected chi connectivity index (χ3v) is 13.0. The molecule has 0 fully saturated rings. The molecule has 234 valence electrons. The van der Waals surface area contributed by atoms with Gasteiger partial charge in [-0.25, -0.2) is 4.79 Å². The van der Waals surface area contributed by atoms with Crippen molar-refractivity contribution in [3.8, 4) is 0 Å². The molecular formula is C35H43NO7Si. The molecule has 9 heteroatoms.